The molecule has 1 amide bonds. The van der Waals surface area contributed by atoms with E-state index in [0.717, 1.165) is 22.6 Å². The van der Waals surface area contributed by atoms with Gasteiger partial charge in [-0.1, -0.05) is 18.2 Å². The molecule has 2 N–H and O–H groups in total. The Morgan fingerprint density at radius 3 is 2.38 bits per heavy atom. The van der Waals surface area contributed by atoms with Crippen molar-refractivity contribution in [3.63, 3.8) is 0 Å². The van der Waals surface area contributed by atoms with Gasteiger partial charge in [-0.05, 0) is 42.8 Å². The Labute approximate surface area is 152 Å². The Morgan fingerprint density at radius 1 is 1.00 bits per heavy atom. The Kier molecular flexibility index (Phi) is 5.12. The van der Waals surface area contributed by atoms with Crippen molar-refractivity contribution in [1.29, 1.82) is 0 Å². The molecule has 0 fully saturated rings. The van der Waals surface area contributed by atoms with E-state index in [1.165, 1.54) is 0 Å². The zero-order chi connectivity index (χ0) is 18.5. The van der Waals surface area contributed by atoms with E-state index in [9.17, 15) is 4.79 Å². The average Bonchev–Trinajstić information content (AvgIpc) is 2.64. The normalized spacial score (nSPS) is 10.3. The van der Waals surface area contributed by atoms with Crippen LogP contribution in [0.3, 0.4) is 0 Å². The molecule has 1 heterocycles. The molecule has 0 unspecified atom stereocenters. The van der Waals surface area contributed by atoms with Gasteiger partial charge in [0.05, 0.1) is 11.9 Å². The van der Waals surface area contributed by atoms with Gasteiger partial charge in [0.25, 0.3) is 5.91 Å². The first-order valence-electron chi connectivity index (χ1n) is 8.27. The minimum atomic E-state index is -0.117. The highest BCUT2D eigenvalue weighted by molar-refractivity contribution is 6.05. The van der Waals surface area contributed by atoms with Crippen LogP contribution in [0.4, 0.5) is 22.9 Å². The lowest BCUT2D eigenvalue weighted by Gasteiger charge is -2.13. The van der Waals surface area contributed by atoms with Crippen LogP contribution in [0.25, 0.3) is 0 Å². The highest BCUT2D eigenvalue weighted by Gasteiger charge is 2.08. The summed E-state index contributed by atoms with van der Waals surface area (Å²) in [6.45, 7) is 1.92. The highest BCUT2D eigenvalue weighted by atomic mass is 16.1. The van der Waals surface area contributed by atoms with Crippen molar-refractivity contribution in [2.24, 2.45) is 0 Å². The third-order valence-electron chi connectivity index (χ3n) is 3.96. The van der Waals surface area contributed by atoms with Crippen molar-refractivity contribution in [2.75, 3.05) is 29.6 Å². The van der Waals surface area contributed by atoms with Crippen molar-refractivity contribution in [3.8, 4) is 0 Å². The third kappa shape index (κ3) is 4.16. The number of aromatic nitrogens is 2. The maximum atomic E-state index is 12.4. The summed E-state index contributed by atoms with van der Waals surface area (Å²) >= 11 is 0. The molecule has 0 bridgehead atoms. The maximum Gasteiger partial charge on any atom is 0.255 e. The lowest BCUT2D eigenvalue weighted by atomic mass is 10.1. The number of hydrogen-bond donors (Lipinski definition) is 2. The molecule has 26 heavy (non-hydrogen) atoms. The molecule has 6 heteroatoms. The summed E-state index contributed by atoms with van der Waals surface area (Å²) in [4.78, 5) is 14.3. The summed E-state index contributed by atoms with van der Waals surface area (Å²) in [5.74, 6) is 0.543. The van der Waals surface area contributed by atoms with E-state index in [1.54, 1.807) is 6.20 Å². The van der Waals surface area contributed by atoms with E-state index in [0.29, 0.717) is 11.4 Å². The SMILES string of the molecule is Cc1ccccc1C(=O)Nc1ccc(Nc2cc(N(C)C)cnn2)cc1. The van der Waals surface area contributed by atoms with Crippen LogP contribution in [0.15, 0.2) is 60.8 Å². The van der Waals surface area contributed by atoms with Crippen LogP contribution in [0, 0.1) is 6.92 Å². The lowest BCUT2D eigenvalue weighted by molar-refractivity contribution is 0.102. The fourth-order valence-corrected chi connectivity index (χ4v) is 2.47. The van der Waals surface area contributed by atoms with Crippen LogP contribution >= 0.6 is 0 Å². The van der Waals surface area contributed by atoms with Gasteiger partial charge < -0.3 is 15.5 Å². The van der Waals surface area contributed by atoms with Crippen LogP contribution in [0.1, 0.15) is 15.9 Å². The monoisotopic (exact) mass is 347 g/mol. The molecule has 0 radical (unpaired) electrons. The average molecular weight is 347 g/mol. The van der Waals surface area contributed by atoms with E-state index in [4.69, 9.17) is 0 Å². The van der Waals surface area contributed by atoms with E-state index < -0.39 is 0 Å². The second-order valence-electron chi connectivity index (χ2n) is 6.16. The van der Waals surface area contributed by atoms with Crippen molar-refractivity contribution in [3.05, 3.63) is 71.9 Å². The maximum absolute atomic E-state index is 12.4. The van der Waals surface area contributed by atoms with Crippen LogP contribution in [0.5, 0.6) is 0 Å². The molecule has 0 spiro atoms. The lowest BCUT2D eigenvalue weighted by Crippen LogP contribution is -2.13. The van der Waals surface area contributed by atoms with E-state index in [-0.39, 0.29) is 5.91 Å². The number of hydrogen-bond acceptors (Lipinski definition) is 5. The van der Waals surface area contributed by atoms with Crippen LogP contribution in [0.2, 0.25) is 0 Å². The molecular weight excluding hydrogens is 326 g/mol. The van der Waals surface area contributed by atoms with Gasteiger partial charge >= 0.3 is 0 Å². The summed E-state index contributed by atoms with van der Waals surface area (Å²) in [6, 6.07) is 16.9. The zero-order valence-corrected chi connectivity index (χ0v) is 15.0. The van der Waals surface area contributed by atoms with Crippen LogP contribution in [-0.4, -0.2) is 30.2 Å². The number of nitrogens with one attached hydrogen (secondary N) is 2. The fourth-order valence-electron chi connectivity index (χ4n) is 2.47. The number of aryl methyl sites for hydroxylation is 1. The van der Waals surface area contributed by atoms with E-state index in [2.05, 4.69) is 20.8 Å². The highest BCUT2D eigenvalue weighted by Crippen LogP contribution is 2.20. The molecule has 0 saturated carbocycles. The molecule has 0 aliphatic rings. The Balaban J connectivity index is 1.68. The smallest absolute Gasteiger partial charge is 0.255 e. The Morgan fingerprint density at radius 2 is 1.69 bits per heavy atom. The van der Waals surface area contributed by atoms with Gasteiger partial charge in [0.15, 0.2) is 5.82 Å². The van der Waals surface area contributed by atoms with Crippen molar-refractivity contribution < 1.29 is 4.79 Å². The van der Waals surface area contributed by atoms with E-state index in [1.807, 2.05) is 80.5 Å². The van der Waals surface area contributed by atoms with Gasteiger partial charge in [-0.15, -0.1) is 5.10 Å². The Bertz CT molecular complexity index is 906. The van der Waals surface area contributed by atoms with Crippen LogP contribution < -0.4 is 15.5 Å². The summed E-state index contributed by atoms with van der Waals surface area (Å²) in [6.07, 6.45) is 1.70. The van der Waals surface area contributed by atoms with Crippen molar-refractivity contribution in [1.82, 2.24) is 10.2 Å². The Hall–Kier alpha value is -3.41. The van der Waals surface area contributed by atoms with Gasteiger partial charge in [-0.25, -0.2) is 0 Å². The molecule has 1 aromatic heterocycles. The number of nitrogens with zero attached hydrogens (tertiary/aromatic N) is 3. The molecule has 132 valence electrons. The first-order valence-corrected chi connectivity index (χ1v) is 8.27. The minimum Gasteiger partial charge on any atom is -0.376 e. The third-order valence-corrected chi connectivity index (χ3v) is 3.96. The molecule has 0 saturated heterocycles. The molecule has 0 atom stereocenters. The largest absolute Gasteiger partial charge is 0.376 e. The number of carbonyl (C=O) groups excluding carboxylic acids is 1. The predicted octanol–water partition coefficient (Wildman–Crippen LogP) is 3.85. The number of anilines is 4. The number of carbonyl (C=O) groups is 1. The molecule has 3 aromatic rings. The molecular formula is C20H21N5O. The van der Waals surface area contributed by atoms with Crippen molar-refractivity contribution >= 4 is 28.8 Å². The number of benzene rings is 2. The molecule has 3 rings (SSSR count). The standard InChI is InChI=1S/C20H21N5O/c1-14-6-4-5-7-18(14)20(26)23-16-10-8-15(9-11-16)22-19-12-17(25(2)3)13-21-24-19/h4-13H,1-3H3,(H,22,24)(H,23,26). The second-order valence-corrected chi connectivity index (χ2v) is 6.16. The topological polar surface area (TPSA) is 70.2 Å². The molecule has 0 aliphatic heterocycles. The number of rotatable bonds is 5. The first kappa shape index (κ1) is 17.4. The fraction of sp³-hybridized carbons (Fsp3) is 0.150. The minimum absolute atomic E-state index is 0.117. The van der Waals surface area contributed by atoms with Crippen molar-refractivity contribution in [2.45, 2.75) is 6.92 Å². The summed E-state index contributed by atoms with van der Waals surface area (Å²) in [5, 5.41) is 14.2. The zero-order valence-electron chi connectivity index (χ0n) is 15.0. The van der Waals surface area contributed by atoms with Gasteiger partial charge in [0.1, 0.15) is 0 Å². The first-order chi connectivity index (χ1) is 12.5. The number of amides is 1. The second kappa shape index (κ2) is 7.65. The van der Waals surface area contributed by atoms with Crippen LogP contribution in [-0.2, 0) is 0 Å². The van der Waals surface area contributed by atoms with Gasteiger partial charge in [0.2, 0.25) is 0 Å². The van der Waals surface area contributed by atoms with Gasteiger partial charge in [0, 0.05) is 37.1 Å². The quantitative estimate of drug-likeness (QED) is 0.734. The molecule has 2 aromatic carbocycles. The van der Waals surface area contributed by atoms with Gasteiger partial charge in [-0.3, -0.25) is 4.79 Å². The molecule has 6 nitrogen and oxygen atoms in total. The summed E-state index contributed by atoms with van der Waals surface area (Å²) < 4.78 is 0. The predicted molar refractivity (Wildman–Crippen MR) is 105 cm³/mol. The summed E-state index contributed by atoms with van der Waals surface area (Å²) in [7, 11) is 3.90. The van der Waals surface area contributed by atoms with E-state index >= 15 is 0 Å². The summed E-state index contributed by atoms with van der Waals surface area (Å²) in [5.41, 5.74) is 4.18. The molecule has 0 aliphatic carbocycles. The van der Waals surface area contributed by atoms with Gasteiger partial charge in [-0.2, -0.15) is 5.10 Å².